The lowest BCUT2D eigenvalue weighted by Gasteiger charge is -2.31. The fourth-order valence-corrected chi connectivity index (χ4v) is 1.67. The molecule has 1 aromatic carbocycles. The van der Waals surface area contributed by atoms with Crippen molar-refractivity contribution in [2.24, 2.45) is 0 Å². The molecular weight excluding hydrogens is 178 g/mol. The number of fused-ring (bicyclic) bond motifs is 1. The number of nitrogens with two attached hydrogens (primary N) is 1. The van der Waals surface area contributed by atoms with E-state index < -0.39 is 5.60 Å². The zero-order valence-corrected chi connectivity index (χ0v) is 8.33. The molecule has 1 heterocycles. The van der Waals surface area contributed by atoms with Crippen molar-refractivity contribution in [2.75, 3.05) is 5.73 Å². The summed E-state index contributed by atoms with van der Waals surface area (Å²) < 4.78 is 5.67. The Bertz CT molecular complexity index is 396. The van der Waals surface area contributed by atoms with Gasteiger partial charge in [-0.3, -0.25) is 4.79 Å². The van der Waals surface area contributed by atoms with Crippen LogP contribution in [0.15, 0.2) is 18.2 Å². The first-order valence-corrected chi connectivity index (χ1v) is 4.60. The summed E-state index contributed by atoms with van der Waals surface area (Å²) in [6, 6.07) is 5.15. The summed E-state index contributed by atoms with van der Waals surface area (Å²) >= 11 is 0. The molecule has 0 saturated carbocycles. The molecule has 2 N–H and O–H groups in total. The summed E-state index contributed by atoms with van der Waals surface area (Å²) in [4.78, 5) is 11.7. The lowest BCUT2D eigenvalue weighted by atomic mass is 9.93. The van der Waals surface area contributed by atoms with E-state index >= 15 is 0 Å². The van der Waals surface area contributed by atoms with Gasteiger partial charge in [-0.25, -0.2) is 0 Å². The fraction of sp³-hybridized carbons (Fsp3) is 0.364. The third-order valence-corrected chi connectivity index (χ3v) is 2.28. The molecule has 1 aliphatic rings. The molecular formula is C11H13NO2. The molecule has 0 bridgehead atoms. The number of Topliss-reactive ketones (excluding diaryl/α,β-unsaturated/α-hetero) is 1. The first-order chi connectivity index (χ1) is 6.48. The number of hydrogen-bond acceptors (Lipinski definition) is 3. The molecule has 74 valence electrons. The highest BCUT2D eigenvalue weighted by molar-refractivity contribution is 6.00. The predicted octanol–water partition coefficient (Wildman–Crippen LogP) is 2.01. The summed E-state index contributed by atoms with van der Waals surface area (Å²) in [5.74, 6) is 0.725. The Labute approximate surface area is 82.9 Å². The van der Waals surface area contributed by atoms with Crippen LogP contribution >= 0.6 is 0 Å². The Morgan fingerprint density at radius 3 is 2.86 bits per heavy atom. The minimum Gasteiger partial charge on any atom is -0.487 e. The Balaban J connectivity index is 2.51. The van der Waals surface area contributed by atoms with Crippen molar-refractivity contribution in [1.82, 2.24) is 0 Å². The van der Waals surface area contributed by atoms with Gasteiger partial charge in [0.2, 0.25) is 0 Å². The second kappa shape index (κ2) is 2.74. The van der Waals surface area contributed by atoms with E-state index in [1.807, 2.05) is 13.8 Å². The van der Waals surface area contributed by atoms with Gasteiger partial charge in [-0.05, 0) is 26.0 Å². The molecule has 2 rings (SSSR count). The number of nitrogen functional groups attached to an aromatic ring is 1. The molecule has 0 saturated heterocycles. The molecule has 0 amide bonds. The second-order valence-corrected chi connectivity index (χ2v) is 4.22. The van der Waals surface area contributed by atoms with Crippen LogP contribution in [-0.4, -0.2) is 11.4 Å². The van der Waals surface area contributed by atoms with Gasteiger partial charge in [0, 0.05) is 11.8 Å². The lowest BCUT2D eigenvalue weighted by Crippen LogP contribution is -2.35. The topological polar surface area (TPSA) is 52.3 Å². The third kappa shape index (κ3) is 1.45. The number of hydrogen-bond donors (Lipinski definition) is 1. The zero-order chi connectivity index (χ0) is 10.3. The van der Waals surface area contributed by atoms with Crippen molar-refractivity contribution in [1.29, 1.82) is 0 Å². The molecule has 0 atom stereocenters. The lowest BCUT2D eigenvalue weighted by molar-refractivity contribution is 0.0621. The Morgan fingerprint density at radius 2 is 2.14 bits per heavy atom. The predicted molar refractivity (Wildman–Crippen MR) is 54.5 cm³/mol. The maximum absolute atomic E-state index is 11.7. The van der Waals surface area contributed by atoms with E-state index in [4.69, 9.17) is 10.5 Å². The van der Waals surface area contributed by atoms with E-state index in [0.717, 1.165) is 0 Å². The normalized spacial score (nSPS) is 18.6. The number of benzene rings is 1. The largest absolute Gasteiger partial charge is 0.487 e. The molecule has 1 aromatic rings. The zero-order valence-electron chi connectivity index (χ0n) is 8.33. The summed E-state index contributed by atoms with van der Waals surface area (Å²) in [6.45, 7) is 3.80. The molecule has 0 spiro atoms. The number of carbonyl (C=O) groups is 1. The van der Waals surface area contributed by atoms with Crippen LogP contribution in [0, 0.1) is 0 Å². The van der Waals surface area contributed by atoms with Crippen LogP contribution in [0.3, 0.4) is 0 Å². The Hall–Kier alpha value is -1.51. The summed E-state index contributed by atoms with van der Waals surface area (Å²) in [6.07, 6.45) is 0.421. The molecule has 0 aliphatic carbocycles. The van der Waals surface area contributed by atoms with E-state index in [1.165, 1.54) is 0 Å². The average Bonchev–Trinajstić information content (AvgIpc) is 2.00. The van der Waals surface area contributed by atoms with Crippen molar-refractivity contribution in [3.05, 3.63) is 23.8 Å². The van der Waals surface area contributed by atoms with E-state index in [9.17, 15) is 4.79 Å². The molecule has 0 aromatic heterocycles. The van der Waals surface area contributed by atoms with Gasteiger partial charge in [0.25, 0.3) is 0 Å². The fourth-order valence-electron chi connectivity index (χ4n) is 1.67. The minimum absolute atomic E-state index is 0.122. The van der Waals surface area contributed by atoms with Crippen LogP contribution in [0.1, 0.15) is 30.6 Å². The maximum Gasteiger partial charge on any atom is 0.170 e. The molecule has 3 nitrogen and oxygen atoms in total. The minimum atomic E-state index is -0.419. The van der Waals surface area contributed by atoms with Crippen LogP contribution in [0.4, 0.5) is 5.69 Å². The molecule has 1 aliphatic heterocycles. The third-order valence-electron chi connectivity index (χ3n) is 2.28. The van der Waals surface area contributed by atoms with E-state index in [0.29, 0.717) is 23.4 Å². The number of carbonyl (C=O) groups excluding carboxylic acids is 1. The van der Waals surface area contributed by atoms with Crippen LogP contribution in [-0.2, 0) is 0 Å². The second-order valence-electron chi connectivity index (χ2n) is 4.22. The molecule has 0 radical (unpaired) electrons. The van der Waals surface area contributed by atoms with Crippen molar-refractivity contribution in [2.45, 2.75) is 25.9 Å². The van der Waals surface area contributed by atoms with Gasteiger partial charge in [0.1, 0.15) is 11.4 Å². The van der Waals surface area contributed by atoms with Crippen LogP contribution in [0.5, 0.6) is 5.75 Å². The van der Waals surface area contributed by atoms with Gasteiger partial charge < -0.3 is 10.5 Å². The van der Waals surface area contributed by atoms with Gasteiger partial charge in [0.05, 0.1) is 12.0 Å². The summed E-state index contributed by atoms with van der Waals surface area (Å²) in [5.41, 5.74) is 6.46. The van der Waals surface area contributed by atoms with Crippen molar-refractivity contribution >= 4 is 11.5 Å². The van der Waals surface area contributed by atoms with Gasteiger partial charge >= 0.3 is 0 Å². The molecule has 0 fully saturated rings. The van der Waals surface area contributed by atoms with Crippen LogP contribution in [0.2, 0.25) is 0 Å². The first kappa shape index (κ1) is 9.06. The molecule has 14 heavy (non-hydrogen) atoms. The maximum atomic E-state index is 11.7. The monoisotopic (exact) mass is 191 g/mol. The Morgan fingerprint density at radius 1 is 1.43 bits per heavy atom. The van der Waals surface area contributed by atoms with Gasteiger partial charge in [-0.2, -0.15) is 0 Å². The highest BCUT2D eigenvalue weighted by Gasteiger charge is 2.32. The number of ketones is 1. The number of rotatable bonds is 0. The van der Waals surface area contributed by atoms with Crippen LogP contribution < -0.4 is 10.5 Å². The van der Waals surface area contributed by atoms with Gasteiger partial charge in [0.15, 0.2) is 5.78 Å². The smallest absolute Gasteiger partial charge is 0.170 e. The van der Waals surface area contributed by atoms with Gasteiger partial charge in [-0.1, -0.05) is 0 Å². The SMILES string of the molecule is CC1(C)CC(=O)c2ccc(N)cc2O1. The summed E-state index contributed by atoms with van der Waals surface area (Å²) in [5, 5.41) is 0. The van der Waals surface area contributed by atoms with Gasteiger partial charge in [-0.15, -0.1) is 0 Å². The number of ether oxygens (including phenoxy) is 1. The molecule has 0 unspecified atom stereocenters. The van der Waals surface area contributed by atoms with E-state index in [1.54, 1.807) is 18.2 Å². The van der Waals surface area contributed by atoms with E-state index in [2.05, 4.69) is 0 Å². The first-order valence-electron chi connectivity index (χ1n) is 4.60. The quantitative estimate of drug-likeness (QED) is 0.638. The Kier molecular flexibility index (Phi) is 1.77. The average molecular weight is 191 g/mol. The highest BCUT2D eigenvalue weighted by Crippen LogP contribution is 2.33. The van der Waals surface area contributed by atoms with Crippen molar-refractivity contribution in [3.8, 4) is 5.75 Å². The number of anilines is 1. The van der Waals surface area contributed by atoms with E-state index in [-0.39, 0.29) is 5.78 Å². The molecule has 3 heteroatoms. The standard InChI is InChI=1S/C11H13NO2/c1-11(2)6-9(13)8-4-3-7(12)5-10(8)14-11/h3-5H,6,12H2,1-2H3. The highest BCUT2D eigenvalue weighted by atomic mass is 16.5. The van der Waals surface area contributed by atoms with Crippen molar-refractivity contribution in [3.63, 3.8) is 0 Å². The summed E-state index contributed by atoms with van der Waals surface area (Å²) in [7, 11) is 0. The van der Waals surface area contributed by atoms with Crippen molar-refractivity contribution < 1.29 is 9.53 Å². The van der Waals surface area contributed by atoms with Crippen LogP contribution in [0.25, 0.3) is 0 Å².